The number of hydrogen-bond acceptors (Lipinski definition) is 5. The number of benzene rings is 2. The second-order valence-electron chi connectivity index (χ2n) is 8.45. The molecule has 0 spiro atoms. The van der Waals surface area contributed by atoms with E-state index in [4.69, 9.17) is 0 Å². The molecule has 0 bridgehead atoms. The van der Waals surface area contributed by atoms with Gasteiger partial charge < -0.3 is 5.32 Å². The van der Waals surface area contributed by atoms with E-state index in [0.717, 1.165) is 22.5 Å². The maximum Gasteiger partial charge on any atom is 0.262 e. The lowest BCUT2D eigenvalue weighted by Crippen LogP contribution is -2.32. The summed E-state index contributed by atoms with van der Waals surface area (Å²) < 4.78 is 1.37. The van der Waals surface area contributed by atoms with Crippen molar-refractivity contribution in [3.05, 3.63) is 88.5 Å². The Bertz CT molecular complexity index is 1310. The smallest absolute Gasteiger partial charge is 0.262 e. The molecule has 0 atom stereocenters. The molecule has 2 aromatic heterocycles. The highest BCUT2D eigenvalue weighted by molar-refractivity contribution is 7.21. The van der Waals surface area contributed by atoms with Crippen LogP contribution >= 0.6 is 11.3 Å². The minimum absolute atomic E-state index is 0.0503. The zero-order chi connectivity index (χ0) is 22.6. The van der Waals surface area contributed by atoms with E-state index in [1.807, 2.05) is 36.4 Å². The van der Waals surface area contributed by atoms with Crippen molar-refractivity contribution in [1.29, 1.82) is 0 Å². The molecule has 4 aromatic rings. The first-order valence-corrected chi connectivity index (χ1v) is 12.1. The number of nitrogens with one attached hydrogen (secondary N) is 1. The topological polar surface area (TPSA) is 67.2 Å². The number of likely N-dealkylation sites (tertiary alicyclic amines) is 1. The van der Waals surface area contributed by atoms with Crippen LogP contribution in [0.15, 0.2) is 71.8 Å². The van der Waals surface area contributed by atoms with Crippen LogP contribution in [-0.2, 0) is 24.4 Å². The van der Waals surface area contributed by atoms with Gasteiger partial charge in [0.2, 0.25) is 5.91 Å². The van der Waals surface area contributed by atoms with Gasteiger partial charge in [0, 0.05) is 18.0 Å². The summed E-state index contributed by atoms with van der Waals surface area (Å²) in [7, 11) is 0. The molecule has 1 N–H and O–H groups in total. The number of rotatable bonds is 7. The summed E-state index contributed by atoms with van der Waals surface area (Å²) in [4.78, 5) is 34.0. The SMILES string of the molecule is O=C(Cn1cnc2sc(-c3ccccc3)cc2c1=O)NCc1ccc(CN2CCCC2)cc1. The Labute approximate surface area is 196 Å². The molecule has 0 unspecified atom stereocenters. The van der Waals surface area contributed by atoms with Crippen molar-refractivity contribution in [2.45, 2.75) is 32.5 Å². The Balaban J connectivity index is 1.21. The third-order valence-corrected chi connectivity index (χ3v) is 7.10. The van der Waals surface area contributed by atoms with Crippen LogP contribution in [-0.4, -0.2) is 33.4 Å². The molecule has 3 heterocycles. The summed E-state index contributed by atoms with van der Waals surface area (Å²) in [6.45, 7) is 3.72. The first kappa shape index (κ1) is 21.6. The van der Waals surface area contributed by atoms with Crippen molar-refractivity contribution in [2.24, 2.45) is 0 Å². The van der Waals surface area contributed by atoms with E-state index >= 15 is 0 Å². The van der Waals surface area contributed by atoms with Gasteiger partial charge in [-0.05, 0) is 48.7 Å². The van der Waals surface area contributed by atoms with Crippen LogP contribution in [0.5, 0.6) is 0 Å². The van der Waals surface area contributed by atoms with E-state index in [0.29, 0.717) is 16.8 Å². The molecule has 1 saturated heterocycles. The van der Waals surface area contributed by atoms with Gasteiger partial charge in [0.15, 0.2) is 0 Å². The van der Waals surface area contributed by atoms with E-state index in [-0.39, 0.29) is 18.0 Å². The second-order valence-corrected chi connectivity index (χ2v) is 9.48. The number of aromatic nitrogens is 2. The molecule has 7 heteroatoms. The zero-order valence-electron chi connectivity index (χ0n) is 18.4. The van der Waals surface area contributed by atoms with E-state index in [9.17, 15) is 9.59 Å². The summed E-state index contributed by atoms with van der Waals surface area (Å²) in [5, 5.41) is 3.46. The first-order chi connectivity index (χ1) is 16.2. The van der Waals surface area contributed by atoms with Crippen LogP contribution in [0.1, 0.15) is 24.0 Å². The van der Waals surface area contributed by atoms with Crippen molar-refractivity contribution in [3.8, 4) is 10.4 Å². The number of hydrogen-bond donors (Lipinski definition) is 1. The number of amides is 1. The average molecular weight is 459 g/mol. The van der Waals surface area contributed by atoms with E-state index < -0.39 is 0 Å². The lowest BCUT2D eigenvalue weighted by atomic mass is 10.1. The predicted octanol–water partition coefficient (Wildman–Crippen LogP) is 4.04. The zero-order valence-corrected chi connectivity index (χ0v) is 19.2. The highest BCUT2D eigenvalue weighted by atomic mass is 32.1. The Morgan fingerprint density at radius 3 is 2.48 bits per heavy atom. The van der Waals surface area contributed by atoms with Gasteiger partial charge in [-0.1, -0.05) is 54.6 Å². The maximum atomic E-state index is 12.9. The number of nitrogens with zero attached hydrogens (tertiary/aromatic N) is 3. The number of carbonyl (C=O) groups excluding carboxylic acids is 1. The van der Waals surface area contributed by atoms with Gasteiger partial charge in [0.05, 0.1) is 11.7 Å². The fourth-order valence-corrected chi connectivity index (χ4v) is 5.18. The van der Waals surface area contributed by atoms with Gasteiger partial charge in [-0.3, -0.25) is 19.1 Å². The average Bonchev–Trinajstić information content (AvgIpc) is 3.51. The monoisotopic (exact) mass is 458 g/mol. The highest BCUT2D eigenvalue weighted by Crippen LogP contribution is 2.30. The highest BCUT2D eigenvalue weighted by Gasteiger charge is 2.13. The normalized spacial score (nSPS) is 14.1. The minimum atomic E-state index is -0.210. The summed E-state index contributed by atoms with van der Waals surface area (Å²) in [5.74, 6) is -0.210. The predicted molar refractivity (Wildman–Crippen MR) is 132 cm³/mol. The molecule has 6 nitrogen and oxygen atoms in total. The maximum absolute atomic E-state index is 12.9. The summed E-state index contributed by atoms with van der Waals surface area (Å²) in [5.41, 5.74) is 3.19. The van der Waals surface area contributed by atoms with Crippen molar-refractivity contribution < 1.29 is 4.79 Å². The molecule has 0 radical (unpaired) electrons. The largest absolute Gasteiger partial charge is 0.350 e. The molecule has 5 rings (SSSR count). The molecule has 1 amide bonds. The van der Waals surface area contributed by atoms with Crippen molar-refractivity contribution in [2.75, 3.05) is 13.1 Å². The molecule has 168 valence electrons. The Morgan fingerprint density at radius 1 is 1.00 bits per heavy atom. The Kier molecular flexibility index (Phi) is 6.32. The molecule has 0 saturated carbocycles. The van der Waals surface area contributed by atoms with Crippen LogP contribution in [0.2, 0.25) is 0 Å². The van der Waals surface area contributed by atoms with Gasteiger partial charge in [-0.25, -0.2) is 4.98 Å². The van der Waals surface area contributed by atoms with Crippen LogP contribution in [0.3, 0.4) is 0 Å². The number of thiophene rings is 1. The van der Waals surface area contributed by atoms with Crippen molar-refractivity contribution in [1.82, 2.24) is 19.8 Å². The molecule has 2 aromatic carbocycles. The molecule has 1 aliphatic heterocycles. The van der Waals surface area contributed by atoms with Gasteiger partial charge in [-0.2, -0.15) is 0 Å². The summed E-state index contributed by atoms with van der Waals surface area (Å²) >= 11 is 1.48. The minimum Gasteiger partial charge on any atom is -0.350 e. The second kappa shape index (κ2) is 9.68. The molecular formula is C26H26N4O2S. The van der Waals surface area contributed by atoms with Gasteiger partial charge in [-0.15, -0.1) is 11.3 Å². The lowest BCUT2D eigenvalue weighted by molar-refractivity contribution is -0.121. The van der Waals surface area contributed by atoms with Crippen molar-refractivity contribution in [3.63, 3.8) is 0 Å². The van der Waals surface area contributed by atoms with Gasteiger partial charge in [0.1, 0.15) is 11.4 Å². The summed E-state index contributed by atoms with van der Waals surface area (Å²) in [6.07, 6.45) is 4.04. The molecule has 0 aliphatic carbocycles. The molecular weight excluding hydrogens is 432 g/mol. The molecule has 33 heavy (non-hydrogen) atoms. The molecule has 1 fully saturated rings. The Hall–Kier alpha value is -3.29. The van der Waals surface area contributed by atoms with Crippen LogP contribution in [0, 0.1) is 0 Å². The standard InChI is InChI=1S/C26H26N4O2S/c31-24(27-15-19-8-10-20(11-9-19)16-29-12-4-5-13-29)17-30-18-28-25-22(26(30)32)14-23(33-25)21-6-2-1-3-7-21/h1-3,6-11,14,18H,4-5,12-13,15-17H2,(H,27,31). The first-order valence-electron chi connectivity index (χ1n) is 11.3. The van der Waals surface area contributed by atoms with E-state index in [2.05, 4.69) is 39.5 Å². The fraction of sp³-hybridized carbons (Fsp3) is 0.269. The Morgan fingerprint density at radius 2 is 1.73 bits per heavy atom. The fourth-order valence-electron chi connectivity index (χ4n) is 4.19. The summed E-state index contributed by atoms with van der Waals surface area (Å²) in [6, 6.07) is 20.2. The van der Waals surface area contributed by atoms with Crippen molar-refractivity contribution >= 4 is 27.5 Å². The lowest BCUT2D eigenvalue weighted by Gasteiger charge is -2.14. The van der Waals surface area contributed by atoms with E-state index in [1.54, 1.807) is 0 Å². The molecule has 1 aliphatic rings. The number of carbonyl (C=O) groups is 1. The quantitative estimate of drug-likeness (QED) is 0.454. The van der Waals surface area contributed by atoms with E-state index in [1.165, 1.54) is 53.7 Å². The van der Waals surface area contributed by atoms with Crippen LogP contribution in [0.25, 0.3) is 20.7 Å². The number of fused-ring (bicyclic) bond motifs is 1. The third-order valence-electron chi connectivity index (χ3n) is 6.01. The third kappa shape index (κ3) is 5.05. The van der Waals surface area contributed by atoms with Crippen LogP contribution in [0.4, 0.5) is 0 Å². The van der Waals surface area contributed by atoms with Crippen LogP contribution < -0.4 is 10.9 Å². The van der Waals surface area contributed by atoms with Gasteiger partial charge >= 0.3 is 0 Å². The van der Waals surface area contributed by atoms with Gasteiger partial charge in [0.25, 0.3) is 5.56 Å².